The molecule has 0 saturated carbocycles. The molecule has 0 aliphatic heterocycles. The van der Waals surface area contributed by atoms with Crippen LogP contribution in [0.3, 0.4) is 0 Å². The van der Waals surface area contributed by atoms with Crippen molar-refractivity contribution >= 4 is 15.9 Å². The molecule has 2 aromatic rings. The fraction of sp³-hybridized carbons (Fsp3) is 0.250. The summed E-state index contributed by atoms with van der Waals surface area (Å²) in [6.45, 7) is 4.12. The van der Waals surface area contributed by atoms with E-state index >= 15 is 0 Å². The van der Waals surface area contributed by atoms with Crippen molar-refractivity contribution in [3.63, 3.8) is 0 Å². The standard InChI is InChI=1S/C16H17BrO2/c1-10-4-5-12(8-11(10)2)16(18)13-6-7-15(19-3)14(17)9-13/h4-9,16,18H,1-3H3. The minimum atomic E-state index is -0.624. The van der Waals surface area contributed by atoms with Crippen LogP contribution in [-0.4, -0.2) is 12.2 Å². The van der Waals surface area contributed by atoms with E-state index in [0.717, 1.165) is 21.3 Å². The molecule has 1 atom stereocenters. The number of aliphatic hydroxyl groups is 1. The van der Waals surface area contributed by atoms with Crippen LogP contribution in [0, 0.1) is 13.8 Å². The highest BCUT2D eigenvalue weighted by Gasteiger charge is 2.13. The third-order valence-electron chi connectivity index (χ3n) is 3.34. The maximum absolute atomic E-state index is 10.4. The van der Waals surface area contributed by atoms with Gasteiger partial charge in [0.1, 0.15) is 11.9 Å². The molecule has 1 unspecified atom stereocenters. The topological polar surface area (TPSA) is 29.5 Å². The third-order valence-corrected chi connectivity index (χ3v) is 3.96. The van der Waals surface area contributed by atoms with E-state index in [2.05, 4.69) is 29.8 Å². The molecule has 2 rings (SSSR count). The average molecular weight is 321 g/mol. The van der Waals surface area contributed by atoms with Crippen molar-refractivity contribution in [2.45, 2.75) is 20.0 Å². The number of ether oxygens (including phenoxy) is 1. The van der Waals surface area contributed by atoms with Crippen LogP contribution in [0.1, 0.15) is 28.4 Å². The molecular weight excluding hydrogens is 304 g/mol. The Labute approximate surface area is 122 Å². The lowest BCUT2D eigenvalue weighted by molar-refractivity contribution is 0.220. The molecule has 100 valence electrons. The first kappa shape index (κ1) is 14.1. The second kappa shape index (κ2) is 5.76. The monoisotopic (exact) mass is 320 g/mol. The average Bonchev–Trinajstić information content (AvgIpc) is 2.41. The lowest BCUT2D eigenvalue weighted by Crippen LogP contribution is -2.01. The Morgan fingerprint density at radius 3 is 2.21 bits per heavy atom. The first-order valence-electron chi connectivity index (χ1n) is 6.11. The summed E-state index contributed by atoms with van der Waals surface area (Å²) in [6, 6.07) is 11.6. The van der Waals surface area contributed by atoms with Crippen molar-refractivity contribution in [3.05, 3.63) is 63.1 Å². The molecule has 0 fully saturated rings. The molecular formula is C16H17BrO2. The number of hydrogen-bond acceptors (Lipinski definition) is 2. The number of benzene rings is 2. The summed E-state index contributed by atoms with van der Waals surface area (Å²) in [5.41, 5.74) is 4.16. The van der Waals surface area contributed by atoms with Gasteiger partial charge in [-0.25, -0.2) is 0 Å². The van der Waals surface area contributed by atoms with Crippen LogP contribution in [0.15, 0.2) is 40.9 Å². The van der Waals surface area contributed by atoms with Crippen LogP contribution in [-0.2, 0) is 0 Å². The molecule has 1 N–H and O–H groups in total. The Kier molecular flexibility index (Phi) is 4.27. The molecule has 0 amide bonds. The van der Waals surface area contributed by atoms with Crippen LogP contribution in [0.2, 0.25) is 0 Å². The molecule has 0 aliphatic rings. The summed E-state index contributed by atoms with van der Waals surface area (Å²) >= 11 is 3.44. The lowest BCUT2D eigenvalue weighted by Gasteiger charge is -2.14. The molecule has 0 radical (unpaired) electrons. The fourth-order valence-electron chi connectivity index (χ4n) is 1.98. The maximum Gasteiger partial charge on any atom is 0.133 e. The van der Waals surface area contributed by atoms with Gasteiger partial charge in [0.2, 0.25) is 0 Å². The number of rotatable bonds is 3. The highest BCUT2D eigenvalue weighted by atomic mass is 79.9. The van der Waals surface area contributed by atoms with E-state index in [1.54, 1.807) is 7.11 Å². The van der Waals surface area contributed by atoms with Crippen LogP contribution < -0.4 is 4.74 Å². The Hall–Kier alpha value is -1.32. The molecule has 2 nitrogen and oxygen atoms in total. The molecule has 0 spiro atoms. The van der Waals surface area contributed by atoms with Crippen LogP contribution in [0.25, 0.3) is 0 Å². The summed E-state index contributed by atoms with van der Waals surface area (Å²) in [6.07, 6.45) is -0.624. The molecule has 0 aromatic heterocycles. The van der Waals surface area contributed by atoms with E-state index in [9.17, 15) is 5.11 Å². The van der Waals surface area contributed by atoms with E-state index in [-0.39, 0.29) is 0 Å². The van der Waals surface area contributed by atoms with Gasteiger partial charge in [0, 0.05) is 0 Å². The van der Waals surface area contributed by atoms with Gasteiger partial charge in [-0.1, -0.05) is 24.3 Å². The fourth-order valence-corrected chi connectivity index (χ4v) is 2.54. The minimum Gasteiger partial charge on any atom is -0.496 e. The summed E-state index contributed by atoms with van der Waals surface area (Å²) in [7, 11) is 1.62. The minimum absolute atomic E-state index is 0.624. The quantitative estimate of drug-likeness (QED) is 0.920. The van der Waals surface area contributed by atoms with Crippen LogP contribution >= 0.6 is 15.9 Å². The molecule has 0 saturated heterocycles. The highest BCUT2D eigenvalue weighted by Crippen LogP contribution is 2.31. The number of hydrogen-bond donors (Lipinski definition) is 1. The number of aliphatic hydroxyl groups excluding tert-OH is 1. The van der Waals surface area contributed by atoms with Crippen molar-refractivity contribution in [3.8, 4) is 5.75 Å². The Morgan fingerprint density at radius 2 is 1.63 bits per heavy atom. The van der Waals surface area contributed by atoms with Gasteiger partial charge in [-0.3, -0.25) is 0 Å². The zero-order chi connectivity index (χ0) is 14.0. The lowest BCUT2D eigenvalue weighted by atomic mass is 9.98. The van der Waals surface area contributed by atoms with Gasteiger partial charge in [-0.15, -0.1) is 0 Å². The summed E-state index contributed by atoms with van der Waals surface area (Å²) in [4.78, 5) is 0. The second-order valence-corrected chi connectivity index (χ2v) is 5.49. The molecule has 0 heterocycles. The van der Waals surface area contributed by atoms with Gasteiger partial charge in [0.25, 0.3) is 0 Å². The Balaban J connectivity index is 2.35. The maximum atomic E-state index is 10.4. The van der Waals surface area contributed by atoms with Gasteiger partial charge in [0.15, 0.2) is 0 Å². The molecule has 3 heteroatoms. The first-order chi connectivity index (χ1) is 9.02. The van der Waals surface area contributed by atoms with Gasteiger partial charge >= 0.3 is 0 Å². The van der Waals surface area contributed by atoms with Crippen molar-refractivity contribution in [1.29, 1.82) is 0 Å². The molecule has 19 heavy (non-hydrogen) atoms. The zero-order valence-corrected chi connectivity index (χ0v) is 12.9. The van der Waals surface area contributed by atoms with Gasteiger partial charge in [-0.2, -0.15) is 0 Å². The van der Waals surface area contributed by atoms with E-state index in [4.69, 9.17) is 4.74 Å². The van der Waals surface area contributed by atoms with Gasteiger partial charge < -0.3 is 9.84 Å². The van der Waals surface area contributed by atoms with Gasteiger partial charge in [0.05, 0.1) is 11.6 Å². The van der Waals surface area contributed by atoms with Crippen molar-refractivity contribution in [2.75, 3.05) is 7.11 Å². The predicted octanol–water partition coefficient (Wildman–Crippen LogP) is 4.16. The number of halogens is 1. The molecule has 2 aromatic carbocycles. The normalized spacial score (nSPS) is 12.3. The Morgan fingerprint density at radius 1 is 1.00 bits per heavy atom. The first-order valence-corrected chi connectivity index (χ1v) is 6.91. The van der Waals surface area contributed by atoms with Crippen LogP contribution in [0.4, 0.5) is 0 Å². The zero-order valence-electron chi connectivity index (χ0n) is 11.3. The number of methoxy groups -OCH3 is 1. The van der Waals surface area contributed by atoms with Gasteiger partial charge in [-0.05, 0) is 64.2 Å². The van der Waals surface area contributed by atoms with E-state index in [0.29, 0.717) is 0 Å². The van der Waals surface area contributed by atoms with Crippen molar-refractivity contribution in [1.82, 2.24) is 0 Å². The summed E-state index contributed by atoms with van der Waals surface area (Å²) < 4.78 is 6.03. The third kappa shape index (κ3) is 2.99. The summed E-state index contributed by atoms with van der Waals surface area (Å²) in [5.74, 6) is 0.760. The van der Waals surface area contributed by atoms with Crippen LogP contribution in [0.5, 0.6) is 5.75 Å². The Bertz CT molecular complexity index is 593. The van der Waals surface area contributed by atoms with E-state index in [1.165, 1.54) is 11.1 Å². The van der Waals surface area contributed by atoms with E-state index < -0.39 is 6.10 Å². The largest absolute Gasteiger partial charge is 0.496 e. The van der Waals surface area contributed by atoms with Crippen molar-refractivity contribution in [2.24, 2.45) is 0 Å². The number of aryl methyl sites for hydroxylation is 2. The SMILES string of the molecule is COc1ccc(C(O)c2ccc(C)c(C)c2)cc1Br. The molecule has 0 bridgehead atoms. The summed E-state index contributed by atoms with van der Waals surface area (Å²) in [5, 5.41) is 10.4. The highest BCUT2D eigenvalue weighted by molar-refractivity contribution is 9.10. The molecule has 0 aliphatic carbocycles. The smallest absolute Gasteiger partial charge is 0.133 e. The second-order valence-electron chi connectivity index (χ2n) is 4.64. The van der Waals surface area contributed by atoms with Crippen molar-refractivity contribution < 1.29 is 9.84 Å². The predicted molar refractivity (Wildman–Crippen MR) is 80.7 cm³/mol. The van der Waals surface area contributed by atoms with E-state index in [1.807, 2.05) is 36.4 Å².